The highest BCUT2D eigenvalue weighted by molar-refractivity contribution is 7.99. The van der Waals surface area contributed by atoms with E-state index in [1.807, 2.05) is 6.92 Å². The smallest absolute Gasteiger partial charge is 0.251 e. The van der Waals surface area contributed by atoms with E-state index in [4.69, 9.17) is 17.2 Å². The largest absolute Gasteiger partial charge is 0.398 e. The summed E-state index contributed by atoms with van der Waals surface area (Å²) in [6.45, 7) is 2.42. The van der Waals surface area contributed by atoms with Crippen LogP contribution in [-0.2, 0) is 0 Å². The van der Waals surface area contributed by atoms with E-state index in [1.54, 1.807) is 18.2 Å². The van der Waals surface area contributed by atoms with Gasteiger partial charge in [-0.3, -0.25) is 4.79 Å². The zero-order valence-corrected chi connectivity index (χ0v) is 12.3. The highest BCUT2D eigenvalue weighted by Gasteiger charge is 2.10. The molecule has 0 aliphatic rings. The van der Waals surface area contributed by atoms with Gasteiger partial charge in [-0.05, 0) is 36.9 Å². The molecule has 2 aromatic rings. The summed E-state index contributed by atoms with van der Waals surface area (Å²) in [6, 6.07) is 6.53. The van der Waals surface area contributed by atoms with Gasteiger partial charge in [0.1, 0.15) is 11.6 Å². The van der Waals surface area contributed by atoms with E-state index < -0.39 is 0 Å². The third-order valence-electron chi connectivity index (χ3n) is 2.56. The lowest BCUT2D eigenvalue weighted by atomic mass is 10.2. The van der Waals surface area contributed by atoms with Crippen LogP contribution in [-0.4, -0.2) is 22.4 Å². The first kappa shape index (κ1) is 14.9. The van der Waals surface area contributed by atoms with Crippen LogP contribution >= 0.6 is 11.8 Å². The molecule has 0 saturated carbocycles. The number of nitrogens with two attached hydrogens (primary N) is 3. The number of amides is 1. The van der Waals surface area contributed by atoms with Gasteiger partial charge >= 0.3 is 0 Å². The van der Waals surface area contributed by atoms with E-state index >= 15 is 0 Å². The molecule has 0 aliphatic carbocycles. The Labute approximate surface area is 126 Å². The predicted molar refractivity (Wildman–Crippen MR) is 83.8 cm³/mol. The van der Waals surface area contributed by atoms with Crippen molar-refractivity contribution in [3.05, 3.63) is 29.8 Å². The molecule has 0 atom stereocenters. The molecule has 0 aliphatic heterocycles. The lowest BCUT2D eigenvalue weighted by molar-refractivity contribution is 0.0956. The summed E-state index contributed by atoms with van der Waals surface area (Å²) in [6.07, 6.45) is 0. The van der Waals surface area contributed by atoms with E-state index in [9.17, 15) is 4.79 Å². The maximum absolute atomic E-state index is 11.7. The summed E-state index contributed by atoms with van der Waals surface area (Å²) in [7, 11) is 0. The van der Waals surface area contributed by atoms with Crippen molar-refractivity contribution in [1.29, 1.82) is 0 Å². The molecule has 1 aromatic carbocycles. The molecule has 7 nitrogen and oxygen atoms in total. The second-order valence-electron chi connectivity index (χ2n) is 4.21. The van der Waals surface area contributed by atoms with Crippen molar-refractivity contribution in [1.82, 2.24) is 15.3 Å². The first-order chi connectivity index (χ1) is 9.99. The van der Waals surface area contributed by atoms with Crippen LogP contribution in [0.4, 0.5) is 17.3 Å². The van der Waals surface area contributed by atoms with Crippen LogP contribution in [0.25, 0.3) is 0 Å². The Hall–Kier alpha value is -2.48. The highest BCUT2D eigenvalue weighted by Crippen LogP contribution is 2.31. The van der Waals surface area contributed by atoms with Gasteiger partial charge in [0.15, 0.2) is 5.16 Å². The third kappa shape index (κ3) is 3.76. The van der Waals surface area contributed by atoms with Gasteiger partial charge in [0.25, 0.3) is 5.91 Å². The fourth-order valence-corrected chi connectivity index (χ4v) is 2.46. The number of aromatic nitrogens is 2. The van der Waals surface area contributed by atoms with Gasteiger partial charge in [-0.2, -0.15) is 0 Å². The number of nitrogen functional groups attached to an aromatic ring is 3. The second-order valence-corrected chi connectivity index (χ2v) is 5.22. The van der Waals surface area contributed by atoms with Crippen molar-refractivity contribution in [3.63, 3.8) is 0 Å². The minimum absolute atomic E-state index is 0.162. The monoisotopic (exact) mass is 304 g/mol. The van der Waals surface area contributed by atoms with Gasteiger partial charge in [0, 0.05) is 28.8 Å². The van der Waals surface area contributed by atoms with E-state index in [1.165, 1.54) is 17.8 Å². The maximum Gasteiger partial charge on any atom is 0.251 e. The zero-order chi connectivity index (χ0) is 15.4. The molecular formula is C13H16N6OS. The van der Waals surface area contributed by atoms with Gasteiger partial charge in [-0.25, -0.2) is 9.97 Å². The molecule has 0 bridgehead atoms. The molecule has 1 heterocycles. The number of carbonyl (C=O) groups is 1. The maximum atomic E-state index is 11.7. The van der Waals surface area contributed by atoms with Crippen molar-refractivity contribution in [2.75, 3.05) is 23.7 Å². The zero-order valence-electron chi connectivity index (χ0n) is 11.5. The van der Waals surface area contributed by atoms with Gasteiger partial charge in [-0.15, -0.1) is 0 Å². The molecule has 1 aromatic heterocycles. The minimum Gasteiger partial charge on any atom is -0.398 e. The minimum atomic E-state index is -0.162. The van der Waals surface area contributed by atoms with Crippen LogP contribution in [0.3, 0.4) is 0 Å². The molecule has 1 amide bonds. The number of benzene rings is 1. The Balaban J connectivity index is 2.23. The second kappa shape index (κ2) is 6.31. The fourth-order valence-electron chi connectivity index (χ4n) is 1.65. The van der Waals surface area contributed by atoms with E-state index in [0.29, 0.717) is 34.6 Å². The Bertz CT molecular complexity index is 655. The topological polar surface area (TPSA) is 133 Å². The van der Waals surface area contributed by atoms with Crippen LogP contribution in [0.1, 0.15) is 17.3 Å². The summed E-state index contributed by atoms with van der Waals surface area (Å²) in [4.78, 5) is 20.6. The molecule has 0 radical (unpaired) electrons. The SMILES string of the molecule is CCNC(=O)c1ccc(Sc2nc(N)cc(N)n2)c(N)c1. The van der Waals surface area contributed by atoms with Gasteiger partial charge < -0.3 is 22.5 Å². The summed E-state index contributed by atoms with van der Waals surface area (Å²) in [5.74, 6) is 0.426. The van der Waals surface area contributed by atoms with Crippen LogP contribution in [0, 0.1) is 0 Å². The summed E-state index contributed by atoms with van der Waals surface area (Å²) < 4.78 is 0. The fraction of sp³-hybridized carbons (Fsp3) is 0.154. The first-order valence-corrected chi connectivity index (χ1v) is 7.07. The lowest BCUT2D eigenvalue weighted by Crippen LogP contribution is -2.22. The Morgan fingerprint density at radius 1 is 1.19 bits per heavy atom. The number of hydrogen-bond donors (Lipinski definition) is 4. The van der Waals surface area contributed by atoms with Crippen molar-refractivity contribution in [2.45, 2.75) is 17.0 Å². The molecule has 0 saturated heterocycles. The number of nitrogens with one attached hydrogen (secondary N) is 1. The molecule has 7 N–H and O–H groups in total. The number of rotatable bonds is 4. The molecule has 0 fully saturated rings. The predicted octanol–water partition coefficient (Wildman–Crippen LogP) is 1.12. The van der Waals surface area contributed by atoms with Crippen LogP contribution in [0.2, 0.25) is 0 Å². The third-order valence-corrected chi connectivity index (χ3v) is 3.51. The van der Waals surface area contributed by atoms with Gasteiger partial charge in [0.2, 0.25) is 0 Å². The molecule has 21 heavy (non-hydrogen) atoms. The molecule has 0 spiro atoms. The van der Waals surface area contributed by atoms with Gasteiger partial charge in [0.05, 0.1) is 0 Å². The Morgan fingerprint density at radius 2 is 1.86 bits per heavy atom. The Morgan fingerprint density at radius 3 is 2.43 bits per heavy atom. The van der Waals surface area contributed by atoms with Crippen molar-refractivity contribution in [3.8, 4) is 0 Å². The standard InChI is InChI=1S/C13H16N6OS/c1-2-17-12(20)7-3-4-9(8(14)5-7)21-13-18-10(15)6-11(16)19-13/h3-6H,2,14H2,1H3,(H,17,20)(H4,15,16,18,19). The summed E-state index contributed by atoms with van der Waals surface area (Å²) >= 11 is 1.24. The van der Waals surface area contributed by atoms with Crippen LogP contribution in [0.5, 0.6) is 0 Å². The summed E-state index contributed by atoms with van der Waals surface area (Å²) in [5, 5.41) is 3.12. The average Bonchev–Trinajstić information content (AvgIpc) is 2.40. The molecule has 8 heteroatoms. The quantitative estimate of drug-likeness (QED) is 0.491. The van der Waals surface area contributed by atoms with E-state index in [-0.39, 0.29) is 5.91 Å². The highest BCUT2D eigenvalue weighted by atomic mass is 32.2. The van der Waals surface area contributed by atoms with E-state index in [0.717, 1.165) is 4.90 Å². The average molecular weight is 304 g/mol. The first-order valence-electron chi connectivity index (χ1n) is 6.25. The van der Waals surface area contributed by atoms with Gasteiger partial charge in [-0.1, -0.05) is 0 Å². The number of anilines is 3. The normalized spacial score (nSPS) is 10.3. The number of carbonyl (C=O) groups excluding carboxylic acids is 1. The lowest BCUT2D eigenvalue weighted by Gasteiger charge is -2.08. The van der Waals surface area contributed by atoms with E-state index in [2.05, 4.69) is 15.3 Å². The Kier molecular flexibility index (Phi) is 4.49. The number of nitrogens with zero attached hydrogens (tertiary/aromatic N) is 2. The van der Waals surface area contributed by atoms with Crippen LogP contribution in [0.15, 0.2) is 34.3 Å². The van der Waals surface area contributed by atoms with Crippen molar-refractivity contribution in [2.24, 2.45) is 0 Å². The van der Waals surface area contributed by atoms with Crippen LogP contribution < -0.4 is 22.5 Å². The molecule has 110 valence electrons. The molecular weight excluding hydrogens is 288 g/mol. The molecule has 2 rings (SSSR count). The van der Waals surface area contributed by atoms with Crippen molar-refractivity contribution < 1.29 is 4.79 Å². The molecule has 0 unspecified atom stereocenters. The number of hydrogen-bond acceptors (Lipinski definition) is 7. The van der Waals surface area contributed by atoms with Crippen molar-refractivity contribution >= 4 is 35.0 Å². The summed E-state index contributed by atoms with van der Waals surface area (Å²) in [5.41, 5.74) is 18.2.